The largest absolute Gasteiger partial charge is 0.385 e. The summed E-state index contributed by atoms with van der Waals surface area (Å²) in [7, 11) is -0.716. The first-order valence-corrected chi connectivity index (χ1v) is 10.1. The van der Waals surface area contributed by atoms with Crippen LogP contribution in [0.3, 0.4) is 0 Å². The molecule has 0 unspecified atom stereocenters. The molecule has 1 amide bonds. The fraction of sp³-hybridized carbons (Fsp3) is 0.278. The number of sulfonamides is 1. The van der Waals surface area contributed by atoms with Gasteiger partial charge in [-0.05, 0) is 47.5 Å². The molecule has 2 aromatic carbocycles. The van der Waals surface area contributed by atoms with Gasteiger partial charge in [-0.15, -0.1) is 5.10 Å². The number of aromatic nitrogens is 3. The quantitative estimate of drug-likeness (QED) is 0.638. The van der Waals surface area contributed by atoms with Crippen LogP contribution in [-0.2, 0) is 21.2 Å². The van der Waals surface area contributed by atoms with Gasteiger partial charge in [0.05, 0.1) is 4.90 Å². The van der Waals surface area contributed by atoms with Crippen molar-refractivity contribution >= 4 is 32.7 Å². The second-order valence-electron chi connectivity index (χ2n) is 6.28. The average molecular weight is 403 g/mol. The molecule has 3 rings (SSSR count). The number of hydrogen-bond acceptors (Lipinski definition) is 6. The van der Waals surface area contributed by atoms with Gasteiger partial charge in [-0.25, -0.2) is 12.7 Å². The molecule has 1 aromatic heterocycles. The van der Waals surface area contributed by atoms with Crippen LogP contribution in [0.4, 0.5) is 5.69 Å². The zero-order chi connectivity index (χ0) is 20.3. The van der Waals surface area contributed by atoms with Crippen molar-refractivity contribution in [2.24, 2.45) is 0 Å². The highest BCUT2D eigenvalue weighted by molar-refractivity contribution is 7.89. The van der Waals surface area contributed by atoms with Gasteiger partial charge >= 0.3 is 0 Å². The van der Waals surface area contributed by atoms with E-state index in [0.717, 1.165) is 21.1 Å². The van der Waals surface area contributed by atoms with Gasteiger partial charge in [0, 0.05) is 19.8 Å². The maximum atomic E-state index is 12.3. The molecule has 0 aliphatic carbocycles. The predicted molar refractivity (Wildman–Crippen MR) is 104 cm³/mol. The molecular formula is C18H21N5O4S. The van der Waals surface area contributed by atoms with Gasteiger partial charge < -0.3 is 10.2 Å². The average Bonchev–Trinajstić information content (AvgIpc) is 3.08. The van der Waals surface area contributed by atoms with Gasteiger partial charge in [0.1, 0.15) is 11.0 Å². The normalized spacial score (nSPS) is 11.7. The van der Waals surface area contributed by atoms with Crippen molar-refractivity contribution in [3.05, 3.63) is 48.0 Å². The van der Waals surface area contributed by atoms with Gasteiger partial charge in [-0.2, -0.15) is 0 Å². The molecule has 0 spiro atoms. The summed E-state index contributed by atoms with van der Waals surface area (Å²) in [4.78, 5) is 18.7. The van der Waals surface area contributed by atoms with E-state index in [4.69, 9.17) is 4.84 Å². The van der Waals surface area contributed by atoms with E-state index >= 15 is 0 Å². The van der Waals surface area contributed by atoms with Gasteiger partial charge in [-0.3, -0.25) is 4.79 Å². The standard InChI is InChI=1S/C18H21N5O4S/c1-4-13-6-5-7-14(10-13)19-18(24)12-27-23-17-11-15(28(25,26)22(2)3)8-9-16(17)20-21-23/h5-11H,4,12H2,1-3H3,(H,19,24). The molecule has 0 atom stereocenters. The van der Waals surface area contributed by atoms with E-state index in [-0.39, 0.29) is 17.4 Å². The summed E-state index contributed by atoms with van der Waals surface area (Å²) in [6.07, 6.45) is 0.864. The lowest BCUT2D eigenvalue weighted by Crippen LogP contribution is -2.26. The number of benzene rings is 2. The molecule has 0 bridgehead atoms. The van der Waals surface area contributed by atoms with Gasteiger partial charge in [0.25, 0.3) is 5.91 Å². The lowest BCUT2D eigenvalue weighted by Gasteiger charge is -2.11. The van der Waals surface area contributed by atoms with Crippen molar-refractivity contribution in [1.82, 2.24) is 19.5 Å². The number of rotatable bonds is 7. The topological polar surface area (TPSA) is 106 Å². The fourth-order valence-corrected chi connectivity index (χ4v) is 3.45. The summed E-state index contributed by atoms with van der Waals surface area (Å²) in [5, 5.41) is 10.5. The monoisotopic (exact) mass is 403 g/mol. The summed E-state index contributed by atoms with van der Waals surface area (Å²) in [6.45, 7) is 1.73. The van der Waals surface area contributed by atoms with E-state index < -0.39 is 10.0 Å². The van der Waals surface area contributed by atoms with E-state index in [9.17, 15) is 13.2 Å². The molecule has 0 fully saturated rings. The molecule has 0 saturated heterocycles. The number of hydrogen-bond donors (Lipinski definition) is 1. The van der Waals surface area contributed by atoms with Crippen molar-refractivity contribution < 1.29 is 18.0 Å². The van der Waals surface area contributed by atoms with Crippen LogP contribution < -0.4 is 10.2 Å². The first-order chi connectivity index (χ1) is 13.3. The summed E-state index contributed by atoms with van der Waals surface area (Å²) in [5.41, 5.74) is 2.59. The minimum Gasteiger partial charge on any atom is -0.385 e. The number of nitrogens with zero attached hydrogens (tertiary/aromatic N) is 4. The molecule has 3 aromatic rings. The third kappa shape index (κ3) is 4.12. The minimum atomic E-state index is -3.61. The fourth-order valence-electron chi connectivity index (χ4n) is 2.53. The van der Waals surface area contributed by atoms with Crippen LogP contribution in [0.1, 0.15) is 12.5 Å². The summed E-state index contributed by atoms with van der Waals surface area (Å²) in [5.74, 6) is -0.367. The van der Waals surface area contributed by atoms with Crippen LogP contribution in [0.15, 0.2) is 47.4 Å². The number of amides is 1. The first kappa shape index (κ1) is 19.8. The molecule has 10 heteroatoms. The molecule has 0 saturated carbocycles. The first-order valence-electron chi connectivity index (χ1n) is 8.61. The Labute approximate surface area is 162 Å². The van der Waals surface area contributed by atoms with Crippen molar-refractivity contribution in [3.8, 4) is 0 Å². The molecular weight excluding hydrogens is 382 g/mol. The van der Waals surface area contributed by atoms with Gasteiger partial charge in [0.15, 0.2) is 6.61 Å². The Morgan fingerprint density at radius 3 is 2.71 bits per heavy atom. The highest BCUT2D eigenvalue weighted by atomic mass is 32.2. The molecule has 1 heterocycles. The zero-order valence-electron chi connectivity index (χ0n) is 15.8. The second-order valence-corrected chi connectivity index (χ2v) is 8.43. The van der Waals surface area contributed by atoms with Crippen LogP contribution in [0.5, 0.6) is 0 Å². The van der Waals surface area contributed by atoms with Crippen LogP contribution in [0, 0.1) is 0 Å². The van der Waals surface area contributed by atoms with Crippen LogP contribution in [0.2, 0.25) is 0 Å². The van der Waals surface area contributed by atoms with E-state index in [1.165, 1.54) is 32.3 Å². The van der Waals surface area contributed by atoms with Gasteiger partial charge in [0.2, 0.25) is 10.0 Å². The third-order valence-electron chi connectivity index (χ3n) is 4.10. The van der Waals surface area contributed by atoms with Crippen molar-refractivity contribution in [2.75, 3.05) is 26.0 Å². The Morgan fingerprint density at radius 2 is 2.00 bits per heavy atom. The van der Waals surface area contributed by atoms with Crippen LogP contribution in [0.25, 0.3) is 11.0 Å². The Kier molecular flexibility index (Phi) is 5.61. The zero-order valence-corrected chi connectivity index (χ0v) is 16.6. The number of fused-ring (bicyclic) bond motifs is 1. The number of anilines is 1. The van der Waals surface area contributed by atoms with E-state index in [1.54, 1.807) is 6.07 Å². The predicted octanol–water partition coefficient (Wildman–Crippen LogP) is 1.31. The summed E-state index contributed by atoms with van der Waals surface area (Å²) in [6, 6.07) is 11.9. The molecule has 148 valence electrons. The maximum Gasteiger partial charge on any atom is 0.265 e. The summed E-state index contributed by atoms with van der Waals surface area (Å²) < 4.78 is 25.7. The van der Waals surface area contributed by atoms with Crippen molar-refractivity contribution in [3.63, 3.8) is 0 Å². The Morgan fingerprint density at radius 1 is 1.21 bits per heavy atom. The third-order valence-corrected chi connectivity index (χ3v) is 5.91. The molecule has 1 N–H and O–H groups in total. The minimum absolute atomic E-state index is 0.0815. The summed E-state index contributed by atoms with van der Waals surface area (Å²) >= 11 is 0. The van der Waals surface area contributed by atoms with Crippen molar-refractivity contribution in [2.45, 2.75) is 18.2 Å². The molecule has 0 radical (unpaired) electrons. The molecule has 0 aliphatic heterocycles. The number of aryl methyl sites for hydroxylation is 1. The second kappa shape index (κ2) is 7.95. The highest BCUT2D eigenvalue weighted by Crippen LogP contribution is 2.19. The number of carbonyl (C=O) groups is 1. The van der Waals surface area contributed by atoms with E-state index in [2.05, 4.69) is 15.6 Å². The number of carbonyl (C=O) groups excluding carboxylic acids is 1. The van der Waals surface area contributed by atoms with Gasteiger partial charge in [-0.1, -0.05) is 23.9 Å². The lowest BCUT2D eigenvalue weighted by atomic mass is 10.1. The molecule has 28 heavy (non-hydrogen) atoms. The van der Waals surface area contributed by atoms with Crippen LogP contribution in [-0.4, -0.2) is 54.5 Å². The van der Waals surface area contributed by atoms with E-state index in [1.807, 2.05) is 25.1 Å². The van der Waals surface area contributed by atoms with Crippen LogP contribution >= 0.6 is 0 Å². The Hall–Kier alpha value is -2.98. The Bertz CT molecular complexity index is 1110. The molecule has 9 nitrogen and oxygen atoms in total. The number of nitrogens with one attached hydrogen (secondary N) is 1. The smallest absolute Gasteiger partial charge is 0.265 e. The molecule has 0 aliphatic rings. The van der Waals surface area contributed by atoms with Crippen molar-refractivity contribution in [1.29, 1.82) is 0 Å². The highest BCUT2D eigenvalue weighted by Gasteiger charge is 2.19. The van der Waals surface area contributed by atoms with E-state index in [0.29, 0.717) is 16.7 Å². The maximum absolute atomic E-state index is 12.3. The lowest BCUT2D eigenvalue weighted by molar-refractivity contribution is -0.121. The Balaban J connectivity index is 1.74. The SMILES string of the molecule is CCc1cccc(NC(=O)COn2nnc3ccc(S(=O)(=O)N(C)C)cc32)c1.